The molecule has 32 heavy (non-hydrogen) atoms. The first-order valence-electron chi connectivity index (χ1n) is 10.9. The quantitative estimate of drug-likeness (QED) is 0.612. The summed E-state index contributed by atoms with van der Waals surface area (Å²) < 4.78 is 11.4. The van der Waals surface area contributed by atoms with Crippen LogP contribution in [0, 0.1) is 5.92 Å². The molecule has 2 atom stereocenters. The van der Waals surface area contributed by atoms with Crippen LogP contribution in [0.1, 0.15) is 31.9 Å². The molecule has 0 radical (unpaired) electrons. The maximum atomic E-state index is 5.83. The first kappa shape index (κ1) is 21.6. The molecule has 0 aliphatic carbocycles. The highest BCUT2D eigenvalue weighted by Crippen LogP contribution is 2.29. The molecule has 4 rings (SSSR count). The van der Waals surface area contributed by atoms with E-state index in [1.807, 2.05) is 31.3 Å². The molecule has 1 aromatic heterocycles. The van der Waals surface area contributed by atoms with Crippen LogP contribution in [0.15, 0.2) is 81.7 Å². The summed E-state index contributed by atoms with van der Waals surface area (Å²) in [5, 5.41) is 7.80. The zero-order valence-corrected chi connectivity index (χ0v) is 18.5. The number of nitrogens with one attached hydrogen (secondary N) is 2. The zero-order chi connectivity index (χ0) is 22.3. The Labute approximate surface area is 188 Å². The lowest BCUT2D eigenvalue weighted by atomic mass is 9.95. The van der Waals surface area contributed by atoms with Gasteiger partial charge < -0.3 is 20.1 Å². The van der Waals surface area contributed by atoms with Crippen LogP contribution < -0.4 is 10.6 Å². The topological polar surface area (TPSA) is 80.1 Å². The van der Waals surface area contributed by atoms with E-state index in [-0.39, 0.29) is 12.0 Å². The molecule has 3 heterocycles. The van der Waals surface area contributed by atoms with Gasteiger partial charge in [-0.25, -0.2) is 4.99 Å². The number of aromatic nitrogens is 1. The van der Waals surface area contributed by atoms with E-state index in [0.717, 1.165) is 40.8 Å². The van der Waals surface area contributed by atoms with Crippen LogP contribution in [0.4, 0.5) is 0 Å². The van der Waals surface area contributed by atoms with E-state index in [4.69, 9.17) is 9.47 Å². The Morgan fingerprint density at radius 2 is 2.19 bits per heavy atom. The molecule has 0 fully saturated rings. The summed E-state index contributed by atoms with van der Waals surface area (Å²) in [6.07, 6.45) is 8.70. The molecular weight excluding hydrogens is 402 g/mol. The second-order valence-corrected chi connectivity index (χ2v) is 7.76. The maximum absolute atomic E-state index is 5.83. The molecule has 0 spiro atoms. The maximum Gasteiger partial charge on any atom is 0.256 e. The molecule has 2 aliphatic rings. The Bertz CT molecular complexity index is 1100. The lowest BCUT2D eigenvalue weighted by Crippen LogP contribution is -2.30. The normalized spacial score (nSPS) is 19.5. The van der Waals surface area contributed by atoms with Gasteiger partial charge in [0, 0.05) is 18.1 Å². The van der Waals surface area contributed by atoms with Gasteiger partial charge in [0.2, 0.25) is 0 Å². The molecule has 2 aliphatic heterocycles. The highest BCUT2D eigenvalue weighted by Gasteiger charge is 2.22. The minimum absolute atomic E-state index is 0.0708. The smallest absolute Gasteiger partial charge is 0.256 e. The Hall–Kier alpha value is -3.61. The number of allylic oxidation sites excluding steroid dienone is 2. The van der Waals surface area contributed by atoms with E-state index in [1.54, 1.807) is 6.34 Å². The van der Waals surface area contributed by atoms with Gasteiger partial charge in [-0.2, -0.15) is 0 Å². The van der Waals surface area contributed by atoms with Gasteiger partial charge in [0.05, 0.1) is 17.9 Å². The van der Waals surface area contributed by atoms with Crippen molar-refractivity contribution in [1.29, 1.82) is 0 Å². The zero-order valence-electron chi connectivity index (χ0n) is 18.5. The van der Waals surface area contributed by atoms with Crippen LogP contribution in [0.25, 0.3) is 10.9 Å². The minimum Gasteiger partial charge on any atom is -0.484 e. The second kappa shape index (κ2) is 10.1. The molecule has 0 saturated carbocycles. The molecule has 7 heteroatoms. The van der Waals surface area contributed by atoms with Crippen molar-refractivity contribution in [2.75, 3.05) is 19.8 Å². The first-order chi connectivity index (χ1) is 15.7. The number of para-hydroxylation sites is 1. The van der Waals surface area contributed by atoms with Gasteiger partial charge in [0.25, 0.3) is 5.88 Å². The Morgan fingerprint density at radius 1 is 1.34 bits per heavy atom. The highest BCUT2D eigenvalue weighted by atomic mass is 16.6. The predicted molar refractivity (Wildman–Crippen MR) is 128 cm³/mol. The van der Waals surface area contributed by atoms with Gasteiger partial charge in [-0.3, -0.25) is 9.98 Å². The summed E-state index contributed by atoms with van der Waals surface area (Å²) in [5.74, 6) is 2.38. The fraction of sp³-hybridized carbons (Fsp3) is 0.320. The lowest BCUT2D eigenvalue weighted by Gasteiger charge is -2.25. The standard InChI is InChI=1S/C25H29N5O2/c1-4-20(24-25(26-3)32-12-11-31-24)17(2)9-10-27-23-14-22(29-16-30-23)19-13-18-7-5-6-8-21(18)28-15-19/h4-8,13-17,22,27H,3,9-12H2,1-2H3,(H,29,30)/b20-4-. The van der Waals surface area contributed by atoms with Crippen molar-refractivity contribution in [2.45, 2.75) is 26.3 Å². The average molecular weight is 432 g/mol. The average Bonchev–Trinajstić information content (AvgIpc) is 2.84. The number of fused-ring (bicyclic) bond motifs is 1. The second-order valence-electron chi connectivity index (χ2n) is 7.76. The molecule has 2 N–H and O–H groups in total. The Morgan fingerprint density at radius 3 is 3.03 bits per heavy atom. The van der Waals surface area contributed by atoms with Crippen LogP contribution in [0.5, 0.6) is 0 Å². The monoisotopic (exact) mass is 431 g/mol. The number of hydrogen-bond donors (Lipinski definition) is 2. The largest absolute Gasteiger partial charge is 0.484 e. The van der Waals surface area contributed by atoms with E-state index in [2.05, 4.69) is 63.5 Å². The van der Waals surface area contributed by atoms with Crippen LogP contribution >= 0.6 is 0 Å². The van der Waals surface area contributed by atoms with Crippen molar-refractivity contribution < 1.29 is 9.47 Å². The summed E-state index contributed by atoms with van der Waals surface area (Å²) in [5.41, 5.74) is 3.14. The van der Waals surface area contributed by atoms with E-state index in [9.17, 15) is 0 Å². The number of aliphatic imine (C=N–C) groups is 2. The van der Waals surface area contributed by atoms with Crippen LogP contribution in [-0.2, 0) is 9.47 Å². The van der Waals surface area contributed by atoms with Crippen molar-refractivity contribution in [3.63, 3.8) is 0 Å². The third-order valence-corrected chi connectivity index (χ3v) is 5.64. The van der Waals surface area contributed by atoms with E-state index in [0.29, 0.717) is 24.9 Å². The molecule has 2 unspecified atom stereocenters. The van der Waals surface area contributed by atoms with Crippen molar-refractivity contribution in [1.82, 2.24) is 15.6 Å². The Kier molecular flexibility index (Phi) is 6.84. The third kappa shape index (κ3) is 4.82. The van der Waals surface area contributed by atoms with E-state index < -0.39 is 0 Å². The van der Waals surface area contributed by atoms with Gasteiger partial charge in [-0.15, -0.1) is 0 Å². The van der Waals surface area contributed by atoms with Crippen LogP contribution in [0.2, 0.25) is 0 Å². The lowest BCUT2D eigenvalue weighted by molar-refractivity contribution is 0.0644. The minimum atomic E-state index is -0.0708. The summed E-state index contributed by atoms with van der Waals surface area (Å²) in [6.45, 7) is 9.60. The highest BCUT2D eigenvalue weighted by molar-refractivity contribution is 5.79. The molecule has 166 valence electrons. The number of hydrogen-bond acceptors (Lipinski definition) is 7. The van der Waals surface area contributed by atoms with Gasteiger partial charge >= 0.3 is 0 Å². The molecule has 0 amide bonds. The van der Waals surface area contributed by atoms with Crippen molar-refractivity contribution in [3.8, 4) is 0 Å². The Balaban J connectivity index is 1.38. The SMILES string of the molecule is C=NC1=C(/C(=C\C)C(C)CCNC2=CC(c3cnc4ccccc4c3)N=CN2)OCCO1. The van der Waals surface area contributed by atoms with E-state index in [1.165, 1.54) is 0 Å². The number of rotatable bonds is 8. The van der Waals surface area contributed by atoms with Gasteiger partial charge in [-0.1, -0.05) is 31.2 Å². The molecule has 0 saturated heterocycles. The summed E-state index contributed by atoms with van der Waals surface area (Å²) in [6, 6.07) is 10.2. The molecular formula is C25H29N5O2. The molecule has 7 nitrogen and oxygen atoms in total. The van der Waals surface area contributed by atoms with Crippen LogP contribution in [-0.4, -0.2) is 37.8 Å². The van der Waals surface area contributed by atoms with Crippen LogP contribution in [0.3, 0.4) is 0 Å². The van der Waals surface area contributed by atoms with E-state index >= 15 is 0 Å². The predicted octanol–water partition coefficient (Wildman–Crippen LogP) is 4.23. The number of pyridine rings is 1. The van der Waals surface area contributed by atoms with Gasteiger partial charge in [-0.05, 0) is 55.3 Å². The summed E-state index contributed by atoms with van der Waals surface area (Å²) in [7, 11) is 0. The van der Waals surface area contributed by atoms with Gasteiger partial charge in [0.1, 0.15) is 19.0 Å². The van der Waals surface area contributed by atoms with Crippen molar-refractivity contribution in [2.24, 2.45) is 15.9 Å². The first-order valence-corrected chi connectivity index (χ1v) is 10.9. The number of benzene rings is 1. The summed E-state index contributed by atoms with van der Waals surface area (Å²) in [4.78, 5) is 13.1. The fourth-order valence-electron chi connectivity index (χ4n) is 3.93. The molecule has 2 aromatic rings. The van der Waals surface area contributed by atoms with Crippen molar-refractivity contribution in [3.05, 3.63) is 77.3 Å². The third-order valence-electron chi connectivity index (χ3n) is 5.64. The molecule has 0 bridgehead atoms. The fourth-order valence-corrected chi connectivity index (χ4v) is 3.93. The van der Waals surface area contributed by atoms with Crippen molar-refractivity contribution >= 4 is 24.0 Å². The number of nitrogens with zero attached hydrogens (tertiary/aromatic N) is 3. The molecule has 1 aromatic carbocycles. The number of ether oxygens (including phenoxy) is 2. The van der Waals surface area contributed by atoms with Gasteiger partial charge in [0.15, 0.2) is 5.76 Å². The summed E-state index contributed by atoms with van der Waals surface area (Å²) >= 11 is 0.